The number of rotatable bonds is 7. The Morgan fingerprint density at radius 1 is 1.36 bits per heavy atom. The molecule has 7 heteroatoms. The predicted molar refractivity (Wildman–Crippen MR) is 118 cm³/mol. The van der Waals surface area contributed by atoms with Gasteiger partial charge in [-0.1, -0.05) is 31.7 Å². The first-order chi connectivity index (χ1) is 13.4. The summed E-state index contributed by atoms with van der Waals surface area (Å²) in [6.07, 6.45) is 3.49. The zero-order chi connectivity index (χ0) is 20.1. The SMILES string of the molecule is C=C(CCC(=O)N1CC(C)CC1c1cccc(P)c1)COc1cc(Br)ncn1. The maximum Gasteiger partial charge on any atom is 0.223 e. The molecule has 2 heterocycles. The highest BCUT2D eigenvalue weighted by atomic mass is 79.9. The molecule has 2 aromatic rings. The van der Waals surface area contributed by atoms with E-state index >= 15 is 0 Å². The Balaban J connectivity index is 1.53. The molecule has 3 rings (SSSR count). The number of halogens is 1. The lowest BCUT2D eigenvalue weighted by Crippen LogP contribution is -2.31. The molecule has 5 nitrogen and oxygen atoms in total. The largest absolute Gasteiger partial charge is 0.473 e. The highest BCUT2D eigenvalue weighted by molar-refractivity contribution is 9.10. The molecule has 0 N–H and O–H groups in total. The minimum Gasteiger partial charge on any atom is -0.473 e. The maximum absolute atomic E-state index is 12.9. The van der Waals surface area contributed by atoms with Crippen molar-refractivity contribution in [3.05, 3.63) is 59.0 Å². The molecule has 0 bridgehead atoms. The van der Waals surface area contributed by atoms with Crippen molar-refractivity contribution < 1.29 is 9.53 Å². The Kier molecular flexibility index (Phi) is 7.19. The summed E-state index contributed by atoms with van der Waals surface area (Å²) >= 11 is 3.29. The van der Waals surface area contributed by atoms with Gasteiger partial charge in [0.05, 0.1) is 6.04 Å². The van der Waals surface area contributed by atoms with Crippen LogP contribution in [-0.4, -0.2) is 33.9 Å². The molecule has 28 heavy (non-hydrogen) atoms. The van der Waals surface area contributed by atoms with Gasteiger partial charge in [0.25, 0.3) is 0 Å². The summed E-state index contributed by atoms with van der Waals surface area (Å²) in [6.45, 7) is 7.39. The van der Waals surface area contributed by atoms with E-state index in [1.165, 1.54) is 11.9 Å². The van der Waals surface area contributed by atoms with Crippen molar-refractivity contribution in [2.75, 3.05) is 13.2 Å². The Morgan fingerprint density at radius 3 is 2.93 bits per heavy atom. The summed E-state index contributed by atoms with van der Waals surface area (Å²) in [5, 5.41) is 1.14. The first kappa shape index (κ1) is 20.9. The van der Waals surface area contributed by atoms with Gasteiger partial charge in [0.2, 0.25) is 11.8 Å². The first-order valence-electron chi connectivity index (χ1n) is 9.34. The summed E-state index contributed by atoms with van der Waals surface area (Å²) < 4.78 is 6.29. The second kappa shape index (κ2) is 9.62. The molecular formula is C21H25BrN3O2P. The summed E-state index contributed by atoms with van der Waals surface area (Å²) in [5.41, 5.74) is 2.08. The van der Waals surface area contributed by atoms with Crippen LogP contribution in [0.3, 0.4) is 0 Å². The van der Waals surface area contributed by atoms with Gasteiger partial charge in [-0.2, -0.15) is 0 Å². The van der Waals surface area contributed by atoms with E-state index in [9.17, 15) is 4.79 Å². The number of hydrogen-bond acceptors (Lipinski definition) is 4. The molecule has 1 aromatic heterocycles. The molecule has 3 unspecified atom stereocenters. The Morgan fingerprint density at radius 2 is 2.18 bits per heavy atom. The van der Waals surface area contributed by atoms with E-state index in [0.717, 1.165) is 23.8 Å². The molecule has 1 amide bonds. The lowest BCUT2D eigenvalue weighted by molar-refractivity contribution is -0.132. The van der Waals surface area contributed by atoms with E-state index in [-0.39, 0.29) is 11.9 Å². The number of likely N-dealkylation sites (tertiary alicyclic amines) is 1. The highest BCUT2D eigenvalue weighted by Gasteiger charge is 2.33. The highest BCUT2D eigenvalue weighted by Crippen LogP contribution is 2.35. The van der Waals surface area contributed by atoms with Crippen LogP contribution in [0.1, 0.15) is 37.8 Å². The fourth-order valence-corrected chi connectivity index (χ4v) is 4.07. The average Bonchev–Trinajstić information content (AvgIpc) is 3.06. The van der Waals surface area contributed by atoms with Gasteiger partial charge in [0, 0.05) is 19.0 Å². The average molecular weight is 462 g/mol. The number of carbonyl (C=O) groups excluding carboxylic acids is 1. The zero-order valence-corrected chi connectivity index (χ0v) is 18.7. The second-order valence-electron chi connectivity index (χ2n) is 7.29. The number of hydrogen-bond donors (Lipinski definition) is 0. The van der Waals surface area contributed by atoms with Crippen molar-refractivity contribution in [1.82, 2.24) is 14.9 Å². The van der Waals surface area contributed by atoms with Gasteiger partial charge < -0.3 is 9.64 Å². The molecule has 0 saturated carbocycles. The monoisotopic (exact) mass is 461 g/mol. The maximum atomic E-state index is 12.9. The van der Waals surface area contributed by atoms with Crippen molar-refractivity contribution >= 4 is 36.4 Å². The van der Waals surface area contributed by atoms with E-state index in [0.29, 0.717) is 35.8 Å². The molecule has 1 aliphatic heterocycles. The molecule has 0 radical (unpaired) electrons. The van der Waals surface area contributed by atoms with Crippen molar-refractivity contribution in [3.63, 3.8) is 0 Å². The van der Waals surface area contributed by atoms with Crippen molar-refractivity contribution in [2.45, 2.75) is 32.2 Å². The van der Waals surface area contributed by atoms with Crippen LogP contribution in [0, 0.1) is 5.92 Å². The fourth-order valence-electron chi connectivity index (χ4n) is 3.48. The number of aromatic nitrogens is 2. The third kappa shape index (κ3) is 5.62. The number of ether oxygens (including phenoxy) is 1. The van der Waals surface area contributed by atoms with Gasteiger partial charge in [-0.05, 0) is 57.2 Å². The van der Waals surface area contributed by atoms with Gasteiger partial charge >= 0.3 is 0 Å². The molecule has 1 aromatic carbocycles. The normalized spacial score (nSPS) is 18.9. The molecule has 0 spiro atoms. The number of carbonyl (C=O) groups is 1. The third-order valence-electron chi connectivity index (χ3n) is 4.85. The Hall–Kier alpha value is -1.78. The first-order valence-corrected chi connectivity index (χ1v) is 10.7. The predicted octanol–water partition coefficient (Wildman–Crippen LogP) is 4.06. The molecule has 0 aliphatic carbocycles. The molecule has 3 atom stereocenters. The number of nitrogens with zero attached hydrogens (tertiary/aromatic N) is 3. The number of amides is 1. The van der Waals surface area contributed by atoms with Crippen molar-refractivity contribution in [3.8, 4) is 5.88 Å². The van der Waals surface area contributed by atoms with Crippen molar-refractivity contribution in [2.24, 2.45) is 5.92 Å². The van der Waals surface area contributed by atoms with Crippen LogP contribution in [0.25, 0.3) is 0 Å². The van der Waals surface area contributed by atoms with Gasteiger partial charge in [-0.25, -0.2) is 9.97 Å². The molecule has 148 valence electrons. The van der Waals surface area contributed by atoms with Gasteiger partial charge in [0.1, 0.15) is 17.5 Å². The Bertz CT molecular complexity index is 861. The van der Waals surface area contributed by atoms with Gasteiger partial charge in [-0.15, -0.1) is 9.24 Å². The Labute approximate surface area is 176 Å². The van der Waals surface area contributed by atoms with Crippen LogP contribution >= 0.6 is 25.2 Å². The lowest BCUT2D eigenvalue weighted by atomic mass is 10.0. The van der Waals surface area contributed by atoms with E-state index in [1.54, 1.807) is 6.07 Å². The molecular weight excluding hydrogens is 437 g/mol. The van der Waals surface area contributed by atoms with E-state index < -0.39 is 0 Å². The smallest absolute Gasteiger partial charge is 0.223 e. The molecule has 1 saturated heterocycles. The van der Waals surface area contributed by atoms with Crippen LogP contribution in [0.15, 0.2) is 53.4 Å². The summed E-state index contributed by atoms with van der Waals surface area (Å²) in [6, 6.07) is 10.2. The minimum atomic E-state index is 0.158. The van der Waals surface area contributed by atoms with Crippen molar-refractivity contribution in [1.29, 1.82) is 0 Å². The topological polar surface area (TPSA) is 55.3 Å². The standard InChI is InChI=1S/C21H25BrN3O2P/c1-14(12-27-20-10-19(22)23-13-24-20)6-7-21(26)25-11-15(2)8-18(25)16-4-3-5-17(28)9-16/h3-5,9-10,13,15,18H,1,6-8,11-12,28H2,2H3. The van der Waals surface area contributed by atoms with Crippen LogP contribution in [-0.2, 0) is 4.79 Å². The zero-order valence-electron chi connectivity index (χ0n) is 16.0. The van der Waals surface area contributed by atoms with Crippen LogP contribution in [0.5, 0.6) is 5.88 Å². The third-order valence-corrected chi connectivity index (χ3v) is 5.64. The summed E-state index contributed by atoms with van der Waals surface area (Å²) in [7, 11) is 2.73. The summed E-state index contributed by atoms with van der Waals surface area (Å²) in [5.74, 6) is 1.17. The van der Waals surface area contributed by atoms with Crippen LogP contribution in [0.4, 0.5) is 0 Å². The second-order valence-corrected chi connectivity index (χ2v) is 8.77. The number of benzene rings is 1. The summed E-state index contributed by atoms with van der Waals surface area (Å²) in [4.78, 5) is 22.9. The van der Waals surface area contributed by atoms with Gasteiger partial charge in [0.15, 0.2) is 0 Å². The van der Waals surface area contributed by atoms with E-state index in [2.05, 4.69) is 66.8 Å². The quantitative estimate of drug-likeness (QED) is 0.354. The van der Waals surface area contributed by atoms with Crippen LogP contribution < -0.4 is 10.0 Å². The molecule has 1 aliphatic rings. The minimum absolute atomic E-state index is 0.158. The van der Waals surface area contributed by atoms with E-state index in [4.69, 9.17) is 4.74 Å². The molecule has 1 fully saturated rings. The van der Waals surface area contributed by atoms with E-state index in [1.807, 2.05) is 11.0 Å². The fraction of sp³-hybridized carbons (Fsp3) is 0.381. The van der Waals surface area contributed by atoms with Gasteiger partial charge in [-0.3, -0.25) is 4.79 Å². The lowest BCUT2D eigenvalue weighted by Gasteiger charge is -2.25. The van der Waals surface area contributed by atoms with Crippen LogP contribution in [0.2, 0.25) is 0 Å².